The van der Waals surface area contributed by atoms with Crippen molar-refractivity contribution in [3.63, 3.8) is 0 Å². The van der Waals surface area contributed by atoms with Crippen molar-refractivity contribution in [2.45, 2.75) is 4.90 Å². The van der Waals surface area contributed by atoms with Crippen LogP contribution < -0.4 is 8.21 Å². The van der Waals surface area contributed by atoms with E-state index in [1.807, 2.05) is 0 Å². The lowest BCUT2D eigenvalue weighted by molar-refractivity contribution is 0.582. The molecule has 0 radical (unpaired) electrons. The van der Waals surface area contributed by atoms with Gasteiger partial charge in [-0.15, -0.1) is 0 Å². The molecule has 72 valence electrons. The van der Waals surface area contributed by atoms with Crippen LogP contribution in [0.3, 0.4) is 0 Å². The van der Waals surface area contributed by atoms with E-state index in [0.717, 1.165) is 12.1 Å². The van der Waals surface area contributed by atoms with Crippen LogP contribution in [0.5, 0.6) is 5.75 Å². The lowest BCUT2D eigenvalue weighted by Gasteiger charge is -2.03. The van der Waals surface area contributed by atoms with Gasteiger partial charge in [0.25, 0.3) is 0 Å². The zero-order chi connectivity index (χ0) is 10.1. The number of halogens is 2. The zero-order valence-electron chi connectivity index (χ0n) is 6.20. The summed E-state index contributed by atoms with van der Waals surface area (Å²) < 4.78 is 39.1. The SMILES string of the molecule is NS(=O)(=O)c1cc(F)ccc1OI. The van der Waals surface area contributed by atoms with Crippen LogP contribution in [0.15, 0.2) is 23.1 Å². The minimum Gasteiger partial charge on any atom is -0.426 e. The first-order valence-electron chi connectivity index (χ1n) is 3.06. The molecular weight excluding hydrogens is 312 g/mol. The van der Waals surface area contributed by atoms with Crippen LogP contribution in [0.25, 0.3) is 0 Å². The Bertz CT molecular complexity index is 420. The highest BCUT2D eigenvalue weighted by atomic mass is 127. The Balaban J connectivity index is 3.41. The van der Waals surface area contributed by atoms with Crippen molar-refractivity contribution in [2.75, 3.05) is 0 Å². The molecule has 0 fully saturated rings. The number of hydrogen-bond acceptors (Lipinski definition) is 3. The second-order valence-corrected chi connectivity index (χ2v) is 4.18. The number of primary sulfonamides is 1. The van der Waals surface area contributed by atoms with Gasteiger partial charge in [-0.2, -0.15) is 0 Å². The maximum Gasteiger partial charge on any atom is 0.241 e. The van der Waals surface area contributed by atoms with Crippen LogP contribution in [-0.2, 0) is 10.0 Å². The summed E-state index contributed by atoms with van der Waals surface area (Å²) in [5.41, 5.74) is 0. The van der Waals surface area contributed by atoms with E-state index >= 15 is 0 Å². The lowest BCUT2D eigenvalue weighted by Crippen LogP contribution is -2.13. The number of sulfonamides is 1. The van der Waals surface area contributed by atoms with Gasteiger partial charge in [0, 0.05) is 0 Å². The van der Waals surface area contributed by atoms with Crippen LogP contribution in [-0.4, -0.2) is 8.42 Å². The number of rotatable bonds is 2. The molecule has 0 aliphatic carbocycles. The van der Waals surface area contributed by atoms with Crippen LogP contribution in [0, 0.1) is 5.82 Å². The minimum absolute atomic E-state index is 0.0181. The maximum absolute atomic E-state index is 12.6. The fourth-order valence-corrected chi connectivity index (χ4v) is 1.97. The molecule has 2 N–H and O–H groups in total. The number of benzene rings is 1. The van der Waals surface area contributed by atoms with E-state index < -0.39 is 15.8 Å². The van der Waals surface area contributed by atoms with E-state index in [1.165, 1.54) is 29.1 Å². The smallest absolute Gasteiger partial charge is 0.241 e. The van der Waals surface area contributed by atoms with E-state index in [2.05, 4.69) is 3.07 Å². The van der Waals surface area contributed by atoms with Gasteiger partial charge in [0.05, 0.1) is 0 Å². The van der Waals surface area contributed by atoms with Gasteiger partial charge in [-0.25, -0.2) is 17.9 Å². The third-order valence-electron chi connectivity index (χ3n) is 1.30. The summed E-state index contributed by atoms with van der Waals surface area (Å²) in [6, 6.07) is 3.09. The molecule has 0 saturated heterocycles. The van der Waals surface area contributed by atoms with E-state index in [1.54, 1.807) is 0 Å². The van der Waals surface area contributed by atoms with Gasteiger partial charge in [-0.3, -0.25) is 0 Å². The second-order valence-electron chi connectivity index (χ2n) is 2.21. The Morgan fingerprint density at radius 3 is 2.54 bits per heavy atom. The van der Waals surface area contributed by atoms with Gasteiger partial charge in [0.2, 0.25) is 10.0 Å². The zero-order valence-corrected chi connectivity index (χ0v) is 9.17. The summed E-state index contributed by atoms with van der Waals surface area (Å²) in [7, 11) is -3.94. The van der Waals surface area contributed by atoms with Crippen LogP contribution in [0.1, 0.15) is 0 Å². The molecule has 1 aromatic carbocycles. The summed E-state index contributed by atoms with van der Waals surface area (Å²) >= 11 is 1.49. The Morgan fingerprint density at radius 2 is 2.08 bits per heavy atom. The first kappa shape index (κ1) is 10.7. The number of nitrogens with two attached hydrogens (primary N) is 1. The summed E-state index contributed by atoms with van der Waals surface area (Å²) in [6.45, 7) is 0. The maximum atomic E-state index is 12.6. The predicted molar refractivity (Wildman–Crippen MR) is 52.4 cm³/mol. The fraction of sp³-hybridized carbons (Fsp3) is 0. The molecule has 0 atom stereocenters. The highest BCUT2D eigenvalue weighted by Crippen LogP contribution is 2.24. The van der Waals surface area contributed by atoms with Gasteiger partial charge in [-0.05, 0) is 18.2 Å². The van der Waals surface area contributed by atoms with Crippen LogP contribution >= 0.6 is 23.0 Å². The molecule has 0 aromatic heterocycles. The first-order valence-corrected chi connectivity index (χ1v) is 5.49. The van der Waals surface area contributed by atoms with Gasteiger partial charge >= 0.3 is 0 Å². The molecule has 0 unspecified atom stereocenters. The molecular formula is C6H5FINO3S. The molecule has 13 heavy (non-hydrogen) atoms. The van der Waals surface area contributed by atoms with Crippen molar-refractivity contribution >= 4 is 33.0 Å². The minimum atomic E-state index is -3.94. The van der Waals surface area contributed by atoms with Crippen molar-refractivity contribution < 1.29 is 15.9 Å². The molecule has 0 heterocycles. The van der Waals surface area contributed by atoms with E-state index in [9.17, 15) is 12.8 Å². The van der Waals surface area contributed by atoms with E-state index in [4.69, 9.17) is 5.14 Å². The topological polar surface area (TPSA) is 69.4 Å². The Morgan fingerprint density at radius 1 is 1.46 bits per heavy atom. The lowest BCUT2D eigenvalue weighted by atomic mass is 10.3. The van der Waals surface area contributed by atoms with Crippen molar-refractivity contribution in [2.24, 2.45) is 5.14 Å². The van der Waals surface area contributed by atoms with E-state index in [-0.39, 0.29) is 10.6 Å². The standard InChI is InChI=1S/C6H5FINO3S/c7-4-1-2-5(12-8)6(3-4)13(9,10)11/h1-3H,(H2,9,10,11). The summed E-state index contributed by atoms with van der Waals surface area (Å²) in [4.78, 5) is -0.359. The van der Waals surface area contributed by atoms with Gasteiger partial charge < -0.3 is 3.07 Å². The Labute approximate surface area is 88.6 Å². The largest absolute Gasteiger partial charge is 0.426 e. The normalized spacial score (nSPS) is 11.3. The molecule has 1 aromatic rings. The molecule has 0 spiro atoms. The highest BCUT2D eigenvalue weighted by molar-refractivity contribution is 14.1. The molecule has 4 nitrogen and oxygen atoms in total. The van der Waals surface area contributed by atoms with Crippen molar-refractivity contribution in [3.8, 4) is 5.75 Å². The Hall–Kier alpha value is -0.410. The van der Waals surface area contributed by atoms with Crippen molar-refractivity contribution in [3.05, 3.63) is 24.0 Å². The highest BCUT2D eigenvalue weighted by Gasteiger charge is 2.15. The molecule has 1 rings (SSSR count). The third-order valence-corrected chi connectivity index (χ3v) is 2.70. The predicted octanol–water partition coefficient (Wildman–Crippen LogP) is 1.20. The van der Waals surface area contributed by atoms with Crippen LogP contribution in [0.2, 0.25) is 0 Å². The summed E-state index contributed by atoms with van der Waals surface area (Å²) in [6.07, 6.45) is 0. The second kappa shape index (κ2) is 3.76. The summed E-state index contributed by atoms with van der Waals surface area (Å²) in [5.74, 6) is -0.661. The third kappa shape index (κ3) is 2.51. The molecule has 0 saturated carbocycles. The first-order chi connectivity index (χ1) is 5.95. The average Bonchev–Trinajstić information content (AvgIpc) is 2.03. The van der Waals surface area contributed by atoms with E-state index in [0.29, 0.717) is 0 Å². The van der Waals surface area contributed by atoms with Crippen molar-refractivity contribution in [1.29, 1.82) is 0 Å². The average molecular weight is 317 g/mol. The summed E-state index contributed by atoms with van der Waals surface area (Å²) in [5, 5.41) is 4.82. The van der Waals surface area contributed by atoms with Crippen LogP contribution in [0.4, 0.5) is 4.39 Å². The molecule has 0 bridgehead atoms. The molecule has 7 heteroatoms. The monoisotopic (exact) mass is 317 g/mol. The molecule has 0 amide bonds. The quantitative estimate of drug-likeness (QED) is 0.834. The van der Waals surface area contributed by atoms with Gasteiger partial charge in [-0.1, -0.05) is 0 Å². The fourth-order valence-electron chi connectivity index (χ4n) is 0.768. The molecule has 0 aliphatic rings. The Kier molecular flexibility index (Phi) is 3.09. The van der Waals surface area contributed by atoms with Crippen molar-refractivity contribution in [1.82, 2.24) is 0 Å². The van der Waals surface area contributed by atoms with Gasteiger partial charge in [0.1, 0.15) is 10.7 Å². The van der Waals surface area contributed by atoms with Gasteiger partial charge in [0.15, 0.2) is 28.8 Å². The molecule has 0 aliphatic heterocycles. The number of hydrogen-bond donors (Lipinski definition) is 1.